The van der Waals surface area contributed by atoms with Crippen molar-refractivity contribution in [3.05, 3.63) is 23.8 Å². The van der Waals surface area contributed by atoms with E-state index in [1.165, 1.54) is 37.8 Å². The molecule has 0 aromatic heterocycles. The van der Waals surface area contributed by atoms with Gasteiger partial charge in [-0.2, -0.15) is 5.26 Å². The number of nitrogens with two attached hydrogens (primary N) is 1. The van der Waals surface area contributed by atoms with Gasteiger partial charge in [0.1, 0.15) is 0 Å². The molecule has 3 rings (SSSR count). The molecule has 100 valence electrons. The van der Waals surface area contributed by atoms with E-state index in [1.807, 2.05) is 6.07 Å². The van der Waals surface area contributed by atoms with Crippen molar-refractivity contribution in [2.75, 3.05) is 17.2 Å². The Kier molecular flexibility index (Phi) is 3.33. The number of nitrogens with zero attached hydrogens (tertiary/aromatic N) is 2. The number of anilines is 2. The molecule has 1 aliphatic carbocycles. The summed E-state index contributed by atoms with van der Waals surface area (Å²) in [5.74, 6) is 0.880. The predicted molar refractivity (Wildman–Crippen MR) is 77.9 cm³/mol. The first-order valence-corrected chi connectivity index (χ1v) is 7.31. The van der Waals surface area contributed by atoms with Crippen LogP contribution in [0.25, 0.3) is 0 Å². The van der Waals surface area contributed by atoms with Crippen LogP contribution < -0.4 is 10.6 Å². The third-order valence-electron chi connectivity index (χ3n) is 4.74. The van der Waals surface area contributed by atoms with Crippen molar-refractivity contribution >= 4 is 11.4 Å². The van der Waals surface area contributed by atoms with E-state index in [-0.39, 0.29) is 0 Å². The monoisotopic (exact) mass is 255 g/mol. The van der Waals surface area contributed by atoms with Crippen molar-refractivity contribution in [2.24, 2.45) is 5.92 Å². The summed E-state index contributed by atoms with van der Waals surface area (Å²) in [6.45, 7) is 1.16. The Morgan fingerprint density at radius 2 is 2.11 bits per heavy atom. The highest BCUT2D eigenvalue weighted by Gasteiger charge is 2.35. The molecule has 1 aromatic rings. The summed E-state index contributed by atoms with van der Waals surface area (Å²) in [6, 6.07) is 9.11. The van der Waals surface area contributed by atoms with Crippen LogP contribution in [-0.4, -0.2) is 12.6 Å². The van der Waals surface area contributed by atoms with Gasteiger partial charge in [0.05, 0.1) is 12.5 Å². The highest BCUT2D eigenvalue weighted by molar-refractivity contribution is 5.60. The van der Waals surface area contributed by atoms with Crippen LogP contribution in [-0.2, 0) is 6.42 Å². The molecule has 2 aliphatic rings. The smallest absolute Gasteiger partial charge is 0.0670 e. The minimum Gasteiger partial charge on any atom is -0.398 e. The quantitative estimate of drug-likeness (QED) is 0.826. The number of benzene rings is 1. The molecular formula is C16H21N3. The zero-order chi connectivity index (χ0) is 13.2. The first-order valence-electron chi connectivity index (χ1n) is 7.31. The molecule has 2 unspecified atom stereocenters. The van der Waals surface area contributed by atoms with Gasteiger partial charge >= 0.3 is 0 Å². The van der Waals surface area contributed by atoms with Crippen molar-refractivity contribution in [3.8, 4) is 6.07 Å². The second kappa shape index (κ2) is 5.13. The maximum absolute atomic E-state index is 8.87. The fourth-order valence-corrected chi connectivity index (χ4v) is 3.74. The molecule has 0 amide bonds. The second-order valence-corrected chi connectivity index (χ2v) is 5.81. The number of nitrogen functional groups attached to an aromatic ring is 1. The lowest BCUT2D eigenvalue weighted by Crippen LogP contribution is -2.34. The lowest BCUT2D eigenvalue weighted by Gasteiger charge is -2.33. The molecule has 0 spiro atoms. The van der Waals surface area contributed by atoms with Crippen LogP contribution in [0.1, 0.15) is 37.7 Å². The minimum absolute atomic E-state index is 0.404. The SMILES string of the molecule is N#CCc1cc(N2CCC3CCCCC32)ccc1N. The van der Waals surface area contributed by atoms with Crippen molar-refractivity contribution in [3.63, 3.8) is 0 Å². The van der Waals surface area contributed by atoms with Crippen LogP contribution in [0.2, 0.25) is 0 Å². The molecule has 2 fully saturated rings. The zero-order valence-corrected chi connectivity index (χ0v) is 11.3. The standard InChI is InChI=1S/C16H21N3/c17-9-7-13-11-14(5-6-15(13)18)19-10-8-12-3-1-2-4-16(12)19/h5-6,11-12,16H,1-4,7-8,10,18H2. The molecule has 2 atom stereocenters. The molecular weight excluding hydrogens is 234 g/mol. The van der Waals surface area contributed by atoms with E-state index >= 15 is 0 Å². The molecule has 3 nitrogen and oxygen atoms in total. The van der Waals surface area contributed by atoms with Gasteiger partial charge in [-0.15, -0.1) is 0 Å². The minimum atomic E-state index is 0.404. The maximum Gasteiger partial charge on any atom is 0.0670 e. The summed E-state index contributed by atoms with van der Waals surface area (Å²) in [5, 5.41) is 8.87. The molecule has 1 heterocycles. The van der Waals surface area contributed by atoms with Crippen LogP contribution in [0.3, 0.4) is 0 Å². The van der Waals surface area contributed by atoms with Crippen molar-refractivity contribution < 1.29 is 0 Å². The van der Waals surface area contributed by atoms with E-state index in [0.717, 1.165) is 23.7 Å². The summed E-state index contributed by atoms with van der Waals surface area (Å²) >= 11 is 0. The first kappa shape index (κ1) is 12.3. The van der Waals surface area contributed by atoms with Crippen molar-refractivity contribution in [2.45, 2.75) is 44.6 Å². The maximum atomic E-state index is 8.87. The molecule has 0 radical (unpaired) electrons. The van der Waals surface area contributed by atoms with Gasteiger partial charge in [0.2, 0.25) is 0 Å². The Hall–Kier alpha value is -1.69. The zero-order valence-electron chi connectivity index (χ0n) is 11.3. The molecule has 2 N–H and O–H groups in total. The van der Waals surface area contributed by atoms with Crippen LogP contribution in [0, 0.1) is 17.2 Å². The Morgan fingerprint density at radius 3 is 2.95 bits per heavy atom. The first-order chi connectivity index (χ1) is 9.29. The number of hydrogen-bond donors (Lipinski definition) is 1. The average Bonchev–Trinajstić information content (AvgIpc) is 2.85. The number of hydrogen-bond acceptors (Lipinski definition) is 3. The molecule has 0 bridgehead atoms. The van der Waals surface area contributed by atoms with Crippen molar-refractivity contribution in [1.29, 1.82) is 5.26 Å². The average molecular weight is 255 g/mol. The number of nitriles is 1. The largest absolute Gasteiger partial charge is 0.398 e. The summed E-state index contributed by atoms with van der Waals surface area (Å²) in [6.07, 6.45) is 7.20. The van der Waals surface area contributed by atoms with Gasteiger partial charge in [0, 0.05) is 24.0 Å². The van der Waals surface area contributed by atoms with E-state index in [4.69, 9.17) is 11.0 Å². The Morgan fingerprint density at radius 1 is 1.26 bits per heavy atom. The Labute approximate surface area is 115 Å². The third kappa shape index (κ3) is 2.28. The summed E-state index contributed by atoms with van der Waals surface area (Å²) in [7, 11) is 0. The van der Waals surface area contributed by atoms with Gasteiger partial charge in [0.15, 0.2) is 0 Å². The fraction of sp³-hybridized carbons (Fsp3) is 0.562. The number of fused-ring (bicyclic) bond motifs is 1. The number of rotatable bonds is 2. The molecule has 1 saturated carbocycles. The van der Waals surface area contributed by atoms with E-state index in [1.54, 1.807) is 0 Å². The van der Waals surface area contributed by atoms with Gasteiger partial charge in [-0.3, -0.25) is 0 Å². The van der Waals surface area contributed by atoms with Crippen LogP contribution in [0.5, 0.6) is 0 Å². The summed E-state index contributed by atoms with van der Waals surface area (Å²) in [5.41, 5.74) is 8.91. The molecule has 1 saturated heterocycles. The lowest BCUT2D eigenvalue weighted by atomic mass is 9.85. The summed E-state index contributed by atoms with van der Waals surface area (Å²) in [4.78, 5) is 2.55. The normalized spacial score (nSPS) is 25.9. The van der Waals surface area contributed by atoms with Gasteiger partial charge in [0.25, 0.3) is 0 Å². The fourth-order valence-electron chi connectivity index (χ4n) is 3.74. The highest BCUT2D eigenvalue weighted by atomic mass is 15.2. The Balaban J connectivity index is 1.86. The van der Waals surface area contributed by atoms with E-state index in [9.17, 15) is 0 Å². The van der Waals surface area contributed by atoms with Gasteiger partial charge in [-0.1, -0.05) is 12.8 Å². The van der Waals surface area contributed by atoms with E-state index < -0.39 is 0 Å². The van der Waals surface area contributed by atoms with E-state index in [2.05, 4.69) is 23.1 Å². The second-order valence-electron chi connectivity index (χ2n) is 5.81. The van der Waals surface area contributed by atoms with Crippen LogP contribution in [0.4, 0.5) is 11.4 Å². The highest BCUT2D eigenvalue weighted by Crippen LogP contribution is 2.39. The molecule has 19 heavy (non-hydrogen) atoms. The van der Waals surface area contributed by atoms with Crippen LogP contribution >= 0.6 is 0 Å². The molecule has 3 heteroatoms. The van der Waals surface area contributed by atoms with E-state index in [0.29, 0.717) is 12.5 Å². The Bertz CT molecular complexity index is 503. The van der Waals surface area contributed by atoms with Gasteiger partial charge in [-0.05, 0) is 48.9 Å². The topological polar surface area (TPSA) is 53.0 Å². The molecule has 1 aliphatic heterocycles. The summed E-state index contributed by atoms with van der Waals surface area (Å²) < 4.78 is 0. The predicted octanol–water partition coefficient (Wildman–Crippen LogP) is 3.10. The van der Waals surface area contributed by atoms with Gasteiger partial charge < -0.3 is 10.6 Å². The van der Waals surface area contributed by atoms with Crippen LogP contribution in [0.15, 0.2) is 18.2 Å². The van der Waals surface area contributed by atoms with Crippen molar-refractivity contribution in [1.82, 2.24) is 0 Å². The molecule has 1 aromatic carbocycles. The lowest BCUT2D eigenvalue weighted by molar-refractivity contribution is 0.342. The van der Waals surface area contributed by atoms with Gasteiger partial charge in [-0.25, -0.2) is 0 Å². The third-order valence-corrected chi connectivity index (χ3v) is 4.74.